The van der Waals surface area contributed by atoms with E-state index in [-0.39, 0.29) is 0 Å². The van der Waals surface area contributed by atoms with Gasteiger partial charge in [0, 0.05) is 16.5 Å². The minimum atomic E-state index is 0.724. The summed E-state index contributed by atoms with van der Waals surface area (Å²) in [6.45, 7) is 0.724. The Bertz CT molecular complexity index is 1170. The van der Waals surface area contributed by atoms with Crippen LogP contribution in [0.4, 0.5) is 0 Å². The van der Waals surface area contributed by atoms with Gasteiger partial charge >= 0.3 is 0 Å². The van der Waals surface area contributed by atoms with Gasteiger partial charge in [0.05, 0.1) is 23.9 Å². The molecule has 5 rings (SSSR count). The SMILES string of the molecule is c1ccc(-c2oc3ccccc3c2Cn2cnc3ccccc32)cc1. The van der Waals surface area contributed by atoms with Crippen molar-refractivity contribution in [1.82, 2.24) is 9.55 Å². The molecule has 0 aliphatic carbocycles. The van der Waals surface area contributed by atoms with Crippen LogP contribution in [0.3, 0.4) is 0 Å². The van der Waals surface area contributed by atoms with E-state index in [1.54, 1.807) is 0 Å². The number of hydrogen-bond acceptors (Lipinski definition) is 2. The number of fused-ring (bicyclic) bond motifs is 2. The van der Waals surface area contributed by atoms with E-state index in [0.717, 1.165) is 39.9 Å². The van der Waals surface area contributed by atoms with E-state index < -0.39 is 0 Å². The molecule has 0 aliphatic heterocycles. The quantitative estimate of drug-likeness (QED) is 0.439. The summed E-state index contributed by atoms with van der Waals surface area (Å²) < 4.78 is 8.39. The minimum Gasteiger partial charge on any atom is -0.456 e. The third-order valence-corrected chi connectivity index (χ3v) is 4.59. The monoisotopic (exact) mass is 324 g/mol. The van der Waals surface area contributed by atoms with E-state index in [4.69, 9.17) is 4.42 Å². The summed E-state index contributed by atoms with van der Waals surface area (Å²) in [6.07, 6.45) is 1.90. The molecule has 25 heavy (non-hydrogen) atoms. The molecule has 2 heterocycles. The molecule has 3 heteroatoms. The summed E-state index contributed by atoms with van der Waals surface area (Å²) in [7, 11) is 0. The summed E-state index contributed by atoms with van der Waals surface area (Å²) in [5.41, 5.74) is 5.34. The van der Waals surface area contributed by atoms with Crippen LogP contribution in [-0.2, 0) is 6.54 Å². The lowest BCUT2D eigenvalue weighted by atomic mass is 10.1. The van der Waals surface area contributed by atoms with Gasteiger partial charge in [-0.1, -0.05) is 60.7 Å². The van der Waals surface area contributed by atoms with Crippen LogP contribution in [0.15, 0.2) is 89.6 Å². The van der Waals surface area contributed by atoms with Gasteiger partial charge in [0.25, 0.3) is 0 Å². The lowest BCUT2D eigenvalue weighted by Crippen LogP contribution is -1.98. The Morgan fingerprint density at radius 3 is 2.48 bits per heavy atom. The molecule has 0 fully saturated rings. The van der Waals surface area contributed by atoms with Gasteiger partial charge < -0.3 is 8.98 Å². The zero-order valence-corrected chi connectivity index (χ0v) is 13.6. The van der Waals surface area contributed by atoms with Gasteiger partial charge in [0.2, 0.25) is 0 Å². The highest BCUT2D eigenvalue weighted by Crippen LogP contribution is 2.34. The van der Waals surface area contributed by atoms with Gasteiger partial charge in [0.1, 0.15) is 11.3 Å². The Hall–Kier alpha value is -3.33. The molecule has 0 saturated heterocycles. The van der Waals surface area contributed by atoms with Crippen LogP contribution in [0.5, 0.6) is 0 Å². The largest absolute Gasteiger partial charge is 0.456 e. The van der Waals surface area contributed by atoms with Crippen LogP contribution in [0, 0.1) is 0 Å². The average molecular weight is 324 g/mol. The van der Waals surface area contributed by atoms with Crippen molar-refractivity contribution in [3.63, 3.8) is 0 Å². The molecule has 0 radical (unpaired) electrons. The maximum Gasteiger partial charge on any atom is 0.140 e. The predicted molar refractivity (Wildman–Crippen MR) is 100 cm³/mol. The van der Waals surface area contributed by atoms with Gasteiger partial charge in [-0.25, -0.2) is 4.98 Å². The van der Waals surface area contributed by atoms with Gasteiger partial charge in [-0.3, -0.25) is 0 Å². The second kappa shape index (κ2) is 5.64. The van der Waals surface area contributed by atoms with Crippen molar-refractivity contribution in [3.05, 3.63) is 90.8 Å². The van der Waals surface area contributed by atoms with Crippen molar-refractivity contribution in [2.75, 3.05) is 0 Å². The number of imidazole rings is 1. The van der Waals surface area contributed by atoms with Gasteiger partial charge in [-0.15, -0.1) is 0 Å². The zero-order chi connectivity index (χ0) is 16.6. The molecule has 2 aromatic heterocycles. The number of benzene rings is 3. The standard InChI is InChI=1S/C22H16N2O/c1-2-8-16(9-3-1)22-18(17-10-4-7-13-21(17)25-22)14-24-15-23-19-11-5-6-12-20(19)24/h1-13,15H,14H2. The third-order valence-electron chi connectivity index (χ3n) is 4.59. The first-order valence-corrected chi connectivity index (χ1v) is 8.36. The first-order valence-electron chi connectivity index (χ1n) is 8.36. The van der Waals surface area contributed by atoms with Crippen LogP contribution in [0.1, 0.15) is 5.56 Å². The molecule has 120 valence electrons. The first kappa shape index (κ1) is 14.1. The molecule has 0 atom stereocenters. The molecule has 0 N–H and O–H groups in total. The number of furan rings is 1. The molecular weight excluding hydrogens is 308 g/mol. The zero-order valence-electron chi connectivity index (χ0n) is 13.6. The number of aromatic nitrogens is 2. The second-order valence-corrected chi connectivity index (χ2v) is 6.13. The minimum absolute atomic E-state index is 0.724. The Kier molecular flexibility index (Phi) is 3.17. The number of rotatable bonds is 3. The summed E-state index contributed by atoms with van der Waals surface area (Å²) in [6, 6.07) is 26.7. The normalized spacial score (nSPS) is 11.4. The Labute approximate surface area is 145 Å². The van der Waals surface area contributed by atoms with E-state index in [1.165, 1.54) is 5.56 Å². The van der Waals surface area contributed by atoms with Crippen molar-refractivity contribution in [3.8, 4) is 11.3 Å². The molecule has 3 nitrogen and oxygen atoms in total. The predicted octanol–water partition coefficient (Wildman–Crippen LogP) is 5.50. The Balaban J connectivity index is 1.72. The lowest BCUT2D eigenvalue weighted by molar-refractivity contribution is 0.624. The molecule has 0 aliphatic rings. The van der Waals surface area contributed by atoms with Gasteiger partial charge in [-0.2, -0.15) is 0 Å². The molecule has 5 aromatic rings. The number of nitrogens with zero attached hydrogens (tertiary/aromatic N) is 2. The molecule has 0 unspecified atom stereocenters. The Morgan fingerprint density at radius 2 is 1.56 bits per heavy atom. The molecular formula is C22H16N2O. The number of para-hydroxylation sites is 3. The topological polar surface area (TPSA) is 31.0 Å². The van der Waals surface area contributed by atoms with Crippen molar-refractivity contribution >= 4 is 22.0 Å². The fourth-order valence-electron chi connectivity index (χ4n) is 3.39. The first-order chi connectivity index (χ1) is 12.4. The summed E-state index contributed by atoms with van der Waals surface area (Å²) >= 11 is 0. The second-order valence-electron chi connectivity index (χ2n) is 6.13. The maximum atomic E-state index is 6.21. The van der Waals surface area contributed by atoms with Crippen LogP contribution < -0.4 is 0 Å². The van der Waals surface area contributed by atoms with E-state index in [0.29, 0.717) is 0 Å². The third kappa shape index (κ3) is 2.32. The van der Waals surface area contributed by atoms with Crippen molar-refractivity contribution < 1.29 is 4.42 Å². The fourth-order valence-corrected chi connectivity index (χ4v) is 3.39. The fraction of sp³-hybridized carbons (Fsp3) is 0.0455. The van der Waals surface area contributed by atoms with Crippen molar-refractivity contribution in [2.45, 2.75) is 6.54 Å². The number of hydrogen-bond donors (Lipinski definition) is 0. The Morgan fingerprint density at radius 1 is 0.800 bits per heavy atom. The molecule has 0 spiro atoms. The molecule has 0 saturated carbocycles. The van der Waals surface area contributed by atoms with Crippen LogP contribution in [-0.4, -0.2) is 9.55 Å². The maximum absolute atomic E-state index is 6.21. The molecule has 0 bridgehead atoms. The van der Waals surface area contributed by atoms with Crippen LogP contribution in [0.25, 0.3) is 33.3 Å². The summed E-state index contributed by atoms with van der Waals surface area (Å²) in [4.78, 5) is 4.51. The van der Waals surface area contributed by atoms with E-state index in [9.17, 15) is 0 Å². The van der Waals surface area contributed by atoms with Gasteiger partial charge in [0.15, 0.2) is 0 Å². The van der Waals surface area contributed by atoms with E-state index in [2.05, 4.69) is 39.9 Å². The van der Waals surface area contributed by atoms with Crippen LogP contribution >= 0.6 is 0 Å². The molecule has 0 amide bonds. The summed E-state index contributed by atoms with van der Waals surface area (Å²) in [5, 5.41) is 1.15. The van der Waals surface area contributed by atoms with Crippen molar-refractivity contribution in [1.29, 1.82) is 0 Å². The summed E-state index contributed by atoms with van der Waals surface area (Å²) in [5.74, 6) is 0.930. The average Bonchev–Trinajstić information content (AvgIpc) is 3.25. The van der Waals surface area contributed by atoms with Crippen LogP contribution in [0.2, 0.25) is 0 Å². The molecule has 3 aromatic carbocycles. The van der Waals surface area contributed by atoms with E-state index >= 15 is 0 Å². The van der Waals surface area contributed by atoms with Gasteiger partial charge in [-0.05, 0) is 18.2 Å². The highest BCUT2D eigenvalue weighted by Gasteiger charge is 2.16. The van der Waals surface area contributed by atoms with Crippen molar-refractivity contribution in [2.24, 2.45) is 0 Å². The smallest absolute Gasteiger partial charge is 0.140 e. The highest BCUT2D eigenvalue weighted by atomic mass is 16.3. The highest BCUT2D eigenvalue weighted by molar-refractivity contribution is 5.88. The lowest BCUT2D eigenvalue weighted by Gasteiger charge is -2.06. The van der Waals surface area contributed by atoms with E-state index in [1.807, 2.05) is 54.9 Å².